The number of alkyl halides is 3. The summed E-state index contributed by atoms with van der Waals surface area (Å²) in [4.78, 5) is 1.32. The van der Waals surface area contributed by atoms with Crippen molar-refractivity contribution in [2.45, 2.75) is 32.3 Å². The second-order valence-electron chi connectivity index (χ2n) is 4.90. The van der Waals surface area contributed by atoms with Crippen molar-refractivity contribution in [1.82, 2.24) is 10.2 Å². The lowest BCUT2D eigenvalue weighted by atomic mass is 9.88. The Morgan fingerprint density at radius 2 is 2.00 bits per heavy atom. The predicted molar refractivity (Wildman–Crippen MR) is 69.0 cm³/mol. The first-order valence-electron chi connectivity index (χ1n) is 5.96. The zero-order valence-electron chi connectivity index (χ0n) is 10.5. The lowest BCUT2D eigenvalue weighted by Gasteiger charge is -2.30. The molecule has 2 rings (SSSR count). The van der Waals surface area contributed by atoms with Crippen LogP contribution < -0.4 is 5.32 Å². The largest absolute Gasteiger partial charge is 0.395 e. The minimum Gasteiger partial charge on any atom is -0.371 e. The highest BCUT2D eigenvalue weighted by Gasteiger charge is 2.44. The second-order valence-corrected chi connectivity index (χ2v) is 5.29. The van der Waals surface area contributed by atoms with E-state index in [1.807, 2.05) is 0 Å². The summed E-state index contributed by atoms with van der Waals surface area (Å²) in [6.07, 6.45) is -1.07. The normalized spacial score (nSPS) is 35.4. The maximum absolute atomic E-state index is 12.9. The molecule has 2 N–H and O–H groups in total. The van der Waals surface area contributed by atoms with Gasteiger partial charge in [-0.2, -0.15) is 13.2 Å². The fourth-order valence-corrected chi connectivity index (χ4v) is 2.67. The van der Waals surface area contributed by atoms with Crippen LogP contribution in [0, 0.1) is 11.8 Å². The molecule has 0 aromatic rings. The molecule has 0 bridgehead atoms. The van der Waals surface area contributed by atoms with Gasteiger partial charge in [0.15, 0.2) is 11.3 Å². The molecule has 1 fully saturated rings. The number of nitrogens with zero attached hydrogens (tertiary/aromatic N) is 1. The Morgan fingerprint density at radius 3 is 2.47 bits per heavy atom. The second kappa shape index (κ2) is 4.79. The van der Waals surface area contributed by atoms with Gasteiger partial charge in [-0.25, -0.2) is 0 Å². The third-order valence-electron chi connectivity index (χ3n) is 3.43. The molecular weight excluding hydrogens is 277 g/mol. The summed E-state index contributed by atoms with van der Waals surface area (Å²) in [6, 6.07) is -0.314. The van der Waals surface area contributed by atoms with Crippen LogP contribution in [0.2, 0.25) is 0 Å². The minimum atomic E-state index is -4.30. The maximum Gasteiger partial charge on any atom is 0.395 e. The van der Waals surface area contributed by atoms with Crippen molar-refractivity contribution in [3.05, 3.63) is 23.9 Å². The van der Waals surface area contributed by atoms with Crippen LogP contribution in [-0.4, -0.2) is 33.6 Å². The first kappa shape index (κ1) is 14.3. The van der Waals surface area contributed by atoms with E-state index in [4.69, 9.17) is 12.2 Å². The molecule has 0 radical (unpaired) electrons. The van der Waals surface area contributed by atoms with Gasteiger partial charge in [-0.15, -0.1) is 0 Å². The smallest absolute Gasteiger partial charge is 0.371 e. The Balaban J connectivity index is 2.30. The molecule has 1 heterocycles. The molecule has 0 saturated carbocycles. The zero-order chi connectivity index (χ0) is 14.4. The molecule has 4 atom stereocenters. The van der Waals surface area contributed by atoms with Gasteiger partial charge < -0.3 is 10.4 Å². The SMILES string of the molecule is CC1C=CC(N2C(=S)NC(C)C2O)=CC1C(F)(F)F. The number of aliphatic hydroxyl groups is 1. The number of aliphatic hydroxyl groups excluding tert-OH is 1. The molecule has 4 unspecified atom stereocenters. The van der Waals surface area contributed by atoms with E-state index in [2.05, 4.69) is 5.32 Å². The Labute approximate surface area is 114 Å². The van der Waals surface area contributed by atoms with E-state index >= 15 is 0 Å². The summed E-state index contributed by atoms with van der Waals surface area (Å²) in [6.45, 7) is 3.23. The maximum atomic E-state index is 12.9. The zero-order valence-corrected chi connectivity index (χ0v) is 11.3. The number of halogens is 3. The molecule has 3 nitrogen and oxygen atoms in total. The van der Waals surface area contributed by atoms with Crippen molar-refractivity contribution in [3.63, 3.8) is 0 Å². The van der Waals surface area contributed by atoms with Crippen LogP contribution in [0.4, 0.5) is 13.2 Å². The highest BCUT2D eigenvalue weighted by Crippen LogP contribution is 2.38. The van der Waals surface area contributed by atoms with Gasteiger partial charge in [0.2, 0.25) is 0 Å². The molecule has 0 aromatic heterocycles. The lowest BCUT2D eigenvalue weighted by molar-refractivity contribution is -0.169. The monoisotopic (exact) mass is 292 g/mol. The molecule has 7 heteroatoms. The Kier molecular flexibility index (Phi) is 3.61. The Bertz CT molecular complexity index is 447. The highest BCUT2D eigenvalue weighted by molar-refractivity contribution is 7.80. The van der Waals surface area contributed by atoms with Crippen molar-refractivity contribution in [3.8, 4) is 0 Å². The summed E-state index contributed by atoms with van der Waals surface area (Å²) in [7, 11) is 0. The number of hydrogen-bond acceptors (Lipinski definition) is 2. The molecule has 106 valence electrons. The van der Waals surface area contributed by atoms with Crippen LogP contribution in [-0.2, 0) is 0 Å². The van der Waals surface area contributed by atoms with Crippen molar-refractivity contribution in [2.24, 2.45) is 11.8 Å². The number of nitrogens with one attached hydrogen (secondary N) is 1. The van der Waals surface area contributed by atoms with Gasteiger partial charge in [0.05, 0.1) is 12.0 Å². The van der Waals surface area contributed by atoms with Gasteiger partial charge in [0.1, 0.15) is 0 Å². The summed E-state index contributed by atoms with van der Waals surface area (Å²) in [5, 5.41) is 13.0. The fraction of sp³-hybridized carbons (Fsp3) is 0.583. The average molecular weight is 292 g/mol. The number of thiocarbonyl (C=S) groups is 1. The van der Waals surface area contributed by atoms with E-state index in [0.29, 0.717) is 0 Å². The molecule has 1 aliphatic carbocycles. The number of rotatable bonds is 1. The molecule has 2 aliphatic rings. The minimum absolute atomic E-state index is 0.242. The van der Waals surface area contributed by atoms with E-state index in [1.165, 1.54) is 17.9 Å². The van der Waals surface area contributed by atoms with Gasteiger partial charge in [-0.3, -0.25) is 4.90 Å². The topological polar surface area (TPSA) is 35.5 Å². The van der Waals surface area contributed by atoms with E-state index in [0.717, 1.165) is 6.08 Å². The molecule has 19 heavy (non-hydrogen) atoms. The molecule has 0 spiro atoms. The van der Waals surface area contributed by atoms with Crippen LogP contribution >= 0.6 is 12.2 Å². The van der Waals surface area contributed by atoms with Crippen LogP contribution in [0.1, 0.15) is 13.8 Å². The van der Waals surface area contributed by atoms with Crippen LogP contribution in [0.5, 0.6) is 0 Å². The number of hydrogen-bond donors (Lipinski definition) is 2. The Hall–Kier alpha value is -1.08. The van der Waals surface area contributed by atoms with Gasteiger partial charge in [-0.05, 0) is 37.2 Å². The summed E-state index contributed by atoms with van der Waals surface area (Å²) < 4.78 is 38.7. The van der Waals surface area contributed by atoms with Crippen LogP contribution in [0.25, 0.3) is 0 Å². The van der Waals surface area contributed by atoms with Crippen LogP contribution in [0.15, 0.2) is 23.9 Å². The Morgan fingerprint density at radius 1 is 1.37 bits per heavy atom. The third kappa shape index (κ3) is 2.62. The van der Waals surface area contributed by atoms with Crippen molar-refractivity contribution < 1.29 is 18.3 Å². The van der Waals surface area contributed by atoms with Crippen molar-refractivity contribution >= 4 is 17.3 Å². The van der Waals surface area contributed by atoms with Crippen molar-refractivity contribution in [1.29, 1.82) is 0 Å². The summed E-state index contributed by atoms with van der Waals surface area (Å²) >= 11 is 5.04. The number of allylic oxidation sites excluding steroid dienone is 3. The summed E-state index contributed by atoms with van der Waals surface area (Å²) in [5.74, 6) is -2.18. The first-order valence-corrected chi connectivity index (χ1v) is 6.37. The van der Waals surface area contributed by atoms with Gasteiger partial charge in [0.25, 0.3) is 0 Å². The van der Waals surface area contributed by atoms with E-state index in [-0.39, 0.29) is 16.9 Å². The van der Waals surface area contributed by atoms with E-state index in [9.17, 15) is 18.3 Å². The quantitative estimate of drug-likeness (QED) is 0.726. The average Bonchev–Trinajstić information content (AvgIpc) is 2.53. The molecular formula is C12H15F3N2OS. The van der Waals surface area contributed by atoms with Crippen LogP contribution in [0.3, 0.4) is 0 Å². The van der Waals surface area contributed by atoms with Gasteiger partial charge in [-0.1, -0.05) is 13.0 Å². The third-order valence-corrected chi connectivity index (χ3v) is 3.74. The fourth-order valence-electron chi connectivity index (χ4n) is 2.27. The van der Waals surface area contributed by atoms with Crippen molar-refractivity contribution in [2.75, 3.05) is 0 Å². The summed E-state index contributed by atoms with van der Waals surface area (Å²) in [5.41, 5.74) is 0.287. The van der Waals surface area contributed by atoms with E-state index in [1.54, 1.807) is 13.0 Å². The molecule has 1 saturated heterocycles. The molecule has 0 aromatic carbocycles. The van der Waals surface area contributed by atoms with Gasteiger partial charge >= 0.3 is 6.18 Å². The van der Waals surface area contributed by atoms with E-state index < -0.39 is 24.2 Å². The highest BCUT2D eigenvalue weighted by atomic mass is 32.1. The standard InChI is InChI=1S/C12H15F3N2OS/c1-6-3-4-8(5-9(6)12(13,14)15)17-10(18)7(2)16-11(17)19/h3-7,9-10,18H,1-2H3,(H,16,19). The lowest BCUT2D eigenvalue weighted by Crippen LogP contribution is -2.37. The van der Waals surface area contributed by atoms with Gasteiger partial charge in [0, 0.05) is 5.70 Å². The predicted octanol–water partition coefficient (Wildman–Crippen LogP) is 2.15. The first-order chi connectivity index (χ1) is 8.71. The molecule has 0 amide bonds. The molecule has 1 aliphatic heterocycles.